The summed E-state index contributed by atoms with van der Waals surface area (Å²) in [4.78, 5) is 17.6. The van der Waals surface area contributed by atoms with Gasteiger partial charge in [0.2, 0.25) is 5.91 Å². The van der Waals surface area contributed by atoms with Crippen LogP contribution in [-0.4, -0.2) is 62.1 Å². The molecule has 2 aliphatic heterocycles. The average molecular weight is 357 g/mol. The molecule has 0 aromatic heterocycles. The minimum Gasteiger partial charge on any atom is -0.384 e. The number of hydrogen-bond acceptors (Lipinski definition) is 3. The first-order chi connectivity index (χ1) is 12.7. The van der Waals surface area contributed by atoms with Gasteiger partial charge in [0.15, 0.2) is 0 Å². The number of hydrogen-bond donors (Lipinski definition) is 0. The Morgan fingerprint density at radius 3 is 2.77 bits per heavy atom. The summed E-state index contributed by atoms with van der Waals surface area (Å²) in [5.41, 5.74) is 1.51. The standard InChI is InChI=1S/C22H32N2O2/c1-26-15-20-14-23(13-19-7-8-19)16-22(20)11-12-24(17-22)21(25)10-9-18-5-3-2-4-6-18/h2-6,19-20H,7-17H2,1H3/t20-,22-/m1/s1. The molecule has 0 radical (unpaired) electrons. The molecule has 2 atom stereocenters. The summed E-state index contributed by atoms with van der Waals surface area (Å²) in [6.45, 7) is 6.23. The monoisotopic (exact) mass is 356 g/mol. The van der Waals surface area contributed by atoms with Gasteiger partial charge in [-0.15, -0.1) is 0 Å². The Balaban J connectivity index is 1.35. The van der Waals surface area contributed by atoms with Crippen LogP contribution in [0.5, 0.6) is 0 Å². The second kappa shape index (κ2) is 7.69. The van der Waals surface area contributed by atoms with Crippen LogP contribution in [0.1, 0.15) is 31.2 Å². The molecule has 26 heavy (non-hydrogen) atoms. The van der Waals surface area contributed by atoms with Gasteiger partial charge in [-0.3, -0.25) is 4.79 Å². The van der Waals surface area contributed by atoms with Crippen molar-refractivity contribution in [3.05, 3.63) is 35.9 Å². The third-order valence-corrected chi connectivity index (χ3v) is 6.67. The third-order valence-electron chi connectivity index (χ3n) is 6.67. The Hall–Kier alpha value is -1.39. The summed E-state index contributed by atoms with van der Waals surface area (Å²) in [7, 11) is 1.81. The highest BCUT2D eigenvalue weighted by molar-refractivity contribution is 5.76. The summed E-state index contributed by atoms with van der Waals surface area (Å²) < 4.78 is 5.55. The molecule has 1 aromatic rings. The van der Waals surface area contributed by atoms with E-state index < -0.39 is 0 Å². The molecule has 0 unspecified atom stereocenters. The third kappa shape index (κ3) is 3.96. The molecule has 4 rings (SSSR count). The number of benzene rings is 1. The summed E-state index contributed by atoms with van der Waals surface area (Å²) in [5.74, 6) is 1.82. The second-order valence-corrected chi connectivity index (χ2v) is 8.70. The zero-order valence-electron chi connectivity index (χ0n) is 16.0. The van der Waals surface area contributed by atoms with Crippen molar-refractivity contribution in [3.63, 3.8) is 0 Å². The van der Waals surface area contributed by atoms with E-state index in [0.717, 1.165) is 51.5 Å². The fourth-order valence-corrected chi connectivity index (χ4v) is 5.00. The van der Waals surface area contributed by atoms with Crippen LogP contribution in [0.15, 0.2) is 30.3 Å². The quantitative estimate of drug-likeness (QED) is 0.753. The number of methoxy groups -OCH3 is 1. The Morgan fingerprint density at radius 1 is 1.23 bits per heavy atom. The van der Waals surface area contributed by atoms with Crippen molar-refractivity contribution in [2.75, 3.05) is 46.4 Å². The number of nitrogens with zero attached hydrogens (tertiary/aromatic N) is 2. The van der Waals surface area contributed by atoms with Gasteiger partial charge < -0.3 is 14.5 Å². The maximum atomic E-state index is 12.8. The molecule has 2 heterocycles. The van der Waals surface area contributed by atoms with Crippen molar-refractivity contribution in [2.45, 2.75) is 32.1 Å². The summed E-state index contributed by atoms with van der Waals surface area (Å²) >= 11 is 0. The molecule has 4 heteroatoms. The largest absolute Gasteiger partial charge is 0.384 e. The van der Waals surface area contributed by atoms with Crippen LogP contribution >= 0.6 is 0 Å². The molecule has 1 spiro atoms. The Labute approximate surface area is 157 Å². The number of rotatable bonds is 7. The number of ether oxygens (including phenoxy) is 1. The van der Waals surface area contributed by atoms with Crippen LogP contribution < -0.4 is 0 Å². The molecule has 1 aromatic carbocycles. The number of carbonyl (C=O) groups excluding carboxylic acids is 1. The van der Waals surface area contributed by atoms with Crippen molar-refractivity contribution < 1.29 is 9.53 Å². The van der Waals surface area contributed by atoms with Gasteiger partial charge in [0.25, 0.3) is 0 Å². The van der Waals surface area contributed by atoms with Crippen molar-refractivity contribution in [2.24, 2.45) is 17.3 Å². The van der Waals surface area contributed by atoms with Crippen LogP contribution in [0, 0.1) is 17.3 Å². The van der Waals surface area contributed by atoms with E-state index in [2.05, 4.69) is 21.9 Å². The predicted molar refractivity (Wildman–Crippen MR) is 103 cm³/mol. The molecule has 0 bridgehead atoms. The Bertz CT molecular complexity index is 616. The van der Waals surface area contributed by atoms with E-state index in [9.17, 15) is 4.79 Å². The number of amides is 1. The second-order valence-electron chi connectivity index (χ2n) is 8.70. The lowest BCUT2D eigenvalue weighted by molar-refractivity contribution is -0.130. The van der Waals surface area contributed by atoms with Gasteiger partial charge in [0, 0.05) is 57.6 Å². The number of likely N-dealkylation sites (tertiary alicyclic amines) is 2. The lowest BCUT2D eigenvalue weighted by atomic mass is 9.77. The fourth-order valence-electron chi connectivity index (χ4n) is 5.00. The molecule has 2 saturated heterocycles. The molecule has 0 N–H and O–H groups in total. The zero-order chi connectivity index (χ0) is 18.0. The van der Waals surface area contributed by atoms with Crippen LogP contribution in [0.3, 0.4) is 0 Å². The molecular formula is C22H32N2O2. The number of aryl methyl sites for hydroxylation is 1. The van der Waals surface area contributed by atoms with E-state index in [0.29, 0.717) is 18.2 Å². The highest BCUT2D eigenvalue weighted by Gasteiger charge is 2.51. The van der Waals surface area contributed by atoms with Gasteiger partial charge in [-0.2, -0.15) is 0 Å². The smallest absolute Gasteiger partial charge is 0.222 e. The molecule has 1 amide bonds. The van der Waals surface area contributed by atoms with E-state index in [-0.39, 0.29) is 5.41 Å². The van der Waals surface area contributed by atoms with Crippen molar-refractivity contribution in [1.82, 2.24) is 9.80 Å². The first-order valence-corrected chi connectivity index (χ1v) is 10.2. The van der Waals surface area contributed by atoms with E-state index >= 15 is 0 Å². The van der Waals surface area contributed by atoms with Crippen LogP contribution in [-0.2, 0) is 16.0 Å². The normalized spacial score (nSPS) is 29.0. The maximum Gasteiger partial charge on any atom is 0.222 e. The molecule has 4 nitrogen and oxygen atoms in total. The van der Waals surface area contributed by atoms with E-state index in [1.807, 2.05) is 25.3 Å². The number of carbonyl (C=O) groups is 1. The molecule has 1 saturated carbocycles. The van der Waals surface area contributed by atoms with Gasteiger partial charge in [-0.25, -0.2) is 0 Å². The highest BCUT2D eigenvalue weighted by Crippen LogP contribution is 2.45. The van der Waals surface area contributed by atoms with Crippen LogP contribution in [0.2, 0.25) is 0 Å². The fraction of sp³-hybridized carbons (Fsp3) is 0.682. The minimum absolute atomic E-state index is 0.257. The zero-order valence-corrected chi connectivity index (χ0v) is 16.0. The lowest BCUT2D eigenvalue weighted by Crippen LogP contribution is -2.38. The van der Waals surface area contributed by atoms with Gasteiger partial charge in [0.05, 0.1) is 6.61 Å². The van der Waals surface area contributed by atoms with Gasteiger partial charge in [-0.1, -0.05) is 30.3 Å². The predicted octanol–water partition coefficient (Wildman–Crippen LogP) is 2.83. The topological polar surface area (TPSA) is 32.8 Å². The van der Waals surface area contributed by atoms with Crippen LogP contribution in [0.4, 0.5) is 0 Å². The van der Waals surface area contributed by atoms with Crippen molar-refractivity contribution >= 4 is 5.91 Å². The van der Waals surface area contributed by atoms with E-state index in [1.165, 1.54) is 24.9 Å². The van der Waals surface area contributed by atoms with Crippen molar-refractivity contribution in [1.29, 1.82) is 0 Å². The Kier molecular flexibility index (Phi) is 5.32. The summed E-state index contributed by atoms with van der Waals surface area (Å²) in [6, 6.07) is 10.3. The van der Waals surface area contributed by atoms with Crippen molar-refractivity contribution in [3.8, 4) is 0 Å². The first kappa shape index (κ1) is 18.0. The minimum atomic E-state index is 0.257. The Morgan fingerprint density at radius 2 is 2.04 bits per heavy atom. The maximum absolute atomic E-state index is 12.8. The molecule has 1 aliphatic carbocycles. The van der Waals surface area contributed by atoms with E-state index in [1.54, 1.807) is 0 Å². The molecule has 142 valence electrons. The SMILES string of the molecule is COC[C@H]1CN(CC2CC2)C[C@@]12CCN(C(=O)CCc1ccccc1)C2. The molecule has 3 fully saturated rings. The van der Waals surface area contributed by atoms with Gasteiger partial charge >= 0.3 is 0 Å². The average Bonchev–Trinajstić information content (AvgIpc) is 3.26. The van der Waals surface area contributed by atoms with Gasteiger partial charge in [0.1, 0.15) is 0 Å². The van der Waals surface area contributed by atoms with Crippen LogP contribution in [0.25, 0.3) is 0 Å². The summed E-state index contributed by atoms with van der Waals surface area (Å²) in [5, 5.41) is 0. The molecular weight excluding hydrogens is 324 g/mol. The van der Waals surface area contributed by atoms with Gasteiger partial charge in [-0.05, 0) is 37.2 Å². The lowest BCUT2D eigenvalue weighted by Gasteiger charge is -2.30. The first-order valence-electron chi connectivity index (χ1n) is 10.2. The molecule has 3 aliphatic rings. The highest BCUT2D eigenvalue weighted by atomic mass is 16.5. The van der Waals surface area contributed by atoms with E-state index in [4.69, 9.17) is 4.74 Å². The summed E-state index contributed by atoms with van der Waals surface area (Å²) in [6.07, 6.45) is 5.42.